The third-order valence-electron chi connectivity index (χ3n) is 5.83. The quantitative estimate of drug-likeness (QED) is 0.446. The number of ether oxygens (including phenoxy) is 1. The molecule has 1 amide bonds. The number of rotatable bonds is 8. The maximum Gasteiger partial charge on any atom is 0.227 e. The Labute approximate surface area is 199 Å². The number of piperazine rings is 1. The number of halogens is 1. The first-order valence-electron chi connectivity index (χ1n) is 11.0. The molecule has 0 N–H and O–H groups in total. The van der Waals surface area contributed by atoms with Crippen LogP contribution in [0.2, 0.25) is 5.02 Å². The number of hydrogen-bond donors (Lipinski definition) is 0. The molecule has 168 valence electrons. The third kappa shape index (κ3) is 6.42. The molecule has 1 fully saturated rings. The molecule has 1 aliphatic rings. The molecule has 3 aromatic rings. The molecule has 1 aliphatic heterocycles. The van der Waals surface area contributed by atoms with Crippen molar-refractivity contribution in [3.63, 3.8) is 0 Å². The Morgan fingerprint density at radius 2 is 1.84 bits per heavy atom. The lowest BCUT2D eigenvalue weighted by Crippen LogP contribution is -2.50. The van der Waals surface area contributed by atoms with Gasteiger partial charge in [-0.25, -0.2) is 0 Å². The molecule has 0 radical (unpaired) electrons. The van der Waals surface area contributed by atoms with Crippen LogP contribution in [-0.4, -0.2) is 48.4 Å². The Bertz CT molecular complexity index is 999. The van der Waals surface area contributed by atoms with Gasteiger partial charge in [0.15, 0.2) is 0 Å². The summed E-state index contributed by atoms with van der Waals surface area (Å²) in [7, 11) is 0. The zero-order valence-electron chi connectivity index (χ0n) is 18.4. The van der Waals surface area contributed by atoms with Crippen LogP contribution in [0.1, 0.15) is 27.7 Å². The van der Waals surface area contributed by atoms with Gasteiger partial charge < -0.3 is 9.64 Å². The Morgan fingerprint density at radius 1 is 1.06 bits per heavy atom. The lowest BCUT2D eigenvalue weighted by Gasteiger charge is -2.36. The van der Waals surface area contributed by atoms with Crippen LogP contribution in [-0.2, 0) is 22.6 Å². The monoisotopic (exact) mass is 468 g/mol. The first kappa shape index (κ1) is 23.0. The maximum atomic E-state index is 12.6. The van der Waals surface area contributed by atoms with Gasteiger partial charge in [0.2, 0.25) is 5.91 Å². The summed E-state index contributed by atoms with van der Waals surface area (Å²) in [6.45, 7) is 6.68. The number of hydrogen-bond acceptors (Lipinski definition) is 4. The third-order valence-corrected chi connectivity index (χ3v) is 6.96. The summed E-state index contributed by atoms with van der Waals surface area (Å²) in [5, 5.41) is 2.75. The van der Waals surface area contributed by atoms with Gasteiger partial charge in [-0.15, -0.1) is 11.3 Å². The van der Waals surface area contributed by atoms with Crippen molar-refractivity contribution in [3.8, 4) is 0 Å². The predicted molar refractivity (Wildman–Crippen MR) is 131 cm³/mol. The molecule has 0 unspecified atom stereocenters. The molecule has 1 saturated heterocycles. The SMILES string of the molecule is Cc1cccc(CO[C@H](CN2CCN(C(=O)Cc3cccs3)CC2)c2ccc(Cl)cc2)c1. The van der Waals surface area contributed by atoms with E-state index in [4.69, 9.17) is 16.3 Å². The lowest BCUT2D eigenvalue weighted by molar-refractivity contribution is -0.132. The lowest BCUT2D eigenvalue weighted by atomic mass is 10.1. The molecular weight excluding hydrogens is 440 g/mol. The fourth-order valence-electron chi connectivity index (χ4n) is 4.02. The van der Waals surface area contributed by atoms with Gasteiger partial charge in [0.25, 0.3) is 0 Å². The van der Waals surface area contributed by atoms with Crippen LogP contribution in [0, 0.1) is 6.92 Å². The molecule has 4 nitrogen and oxygen atoms in total. The van der Waals surface area contributed by atoms with Crippen molar-refractivity contribution in [1.29, 1.82) is 0 Å². The molecule has 0 spiro atoms. The summed E-state index contributed by atoms with van der Waals surface area (Å²) in [6.07, 6.45) is 0.450. The van der Waals surface area contributed by atoms with Crippen molar-refractivity contribution in [1.82, 2.24) is 9.80 Å². The second-order valence-corrected chi connectivity index (χ2v) is 9.75. The van der Waals surface area contributed by atoms with Crippen LogP contribution >= 0.6 is 22.9 Å². The molecule has 2 heterocycles. The first-order chi connectivity index (χ1) is 15.6. The van der Waals surface area contributed by atoms with Gasteiger partial charge in [-0.2, -0.15) is 0 Å². The summed E-state index contributed by atoms with van der Waals surface area (Å²) in [5.74, 6) is 0.219. The topological polar surface area (TPSA) is 32.8 Å². The second kappa shape index (κ2) is 11.1. The van der Waals surface area contributed by atoms with E-state index in [0.29, 0.717) is 13.0 Å². The van der Waals surface area contributed by atoms with E-state index in [1.165, 1.54) is 11.1 Å². The smallest absolute Gasteiger partial charge is 0.227 e. The summed E-state index contributed by atoms with van der Waals surface area (Å²) in [6, 6.07) is 20.4. The number of aryl methyl sites for hydroxylation is 1. The van der Waals surface area contributed by atoms with E-state index in [1.54, 1.807) is 11.3 Å². The highest BCUT2D eigenvalue weighted by molar-refractivity contribution is 7.10. The average Bonchev–Trinajstić information content (AvgIpc) is 3.31. The number of carbonyl (C=O) groups excluding carboxylic acids is 1. The highest BCUT2D eigenvalue weighted by atomic mass is 35.5. The predicted octanol–water partition coefficient (Wildman–Crippen LogP) is 5.35. The number of nitrogens with zero attached hydrogens (tertiary/aromatic N) is 2. The van der Waals surface area contributed by atoms with Crippen molar-refractivity contribution in [3.05, 3.63) is 92.6 Å². The van der Waals surface area contributed by atoms with Crippen molar-refractivity contribution >= 4 is 28.8 Å². The minimum Gasteiger partial charge on any atom is -0.368 e. The van der Waals surface area contributed by atoms with E-state index in [0.717, 1.165) is 48.2 Å². The molecule has 6 heteroatoms. The summed E-state index contributed by atoms with van der Waals surface area (Å²) in [5.41, 5.74) is 3.53. The minimum atomic E-state index is -0.0545. The summed E-state index contributed by atoms with van der Waals surface area (Å²) >= 11 is 7.75. The largest absolute Gasteiger partial charge is 0.368 e. The molecule has 2 aromatic carbocycles. The van der Waals surface area contributed by atoms with Gasteiger partial charge in [-0.05, 0) is 41.6 Å². The normalized spacial score (nSPS) is 15.6. The Kier molecular flexibility index (Phi) is 7.98. The van der Waals surface area contributed by atoms with Gasteiger partial charge in [-0.3, -0.25) is 9.69 Å². The molecule has 0 bridgehead atoms. The van der Waals surface area contributed by atoms with Gasteiger partial charge in [-0.1, -0.05) is 59.6 Å². The molecule has 1 atom stereocenters. The zero-order chi connectivity index (χ0) is 22.3. The van der Waals surface area contributed by atoms with Crippen molar-refractivity contribution in [2.24, 2.45) is 0 Å². The molecule has 32 heavy (non-hydrogen) atoms. The van der Waals surface area contributed by atoms with Gasteiger partial charge in [0, 0.05) is 42.6 Å². The van der Waals surface area contributed by atoms with E-state index in [-0.39, 0.29) is 12.0 Å². The second-order valence-electron chi connectivity index (χ2n) is 8.28. The molecule has 0 saturated carbocycles. The van der Waals surface area contributed by atoms with E-state index < -0.39 is 0 Å². The van der Waals surface area contributed by atoms with Crippen LogP contribution in [0.5, 0.6) is 0 Å². The van der Waals surface area contributed by atoms with E-state index in [9.17, 15) is 4.79 Å². The molecule has 0 aliphatic carbocycles. The van der Waals surface area contributed by atoms with Crippen molar-refractivity contribution < 1.29 is 9.53 Å². The standard InChI is InChI=1S/C26H29ClN2O2S/c1-20-4-2-5-21(16-20)19-31-25(22-7-9-23(27)10-8-22)18-28-11-13-29(14-12-28)26(30)17-24-6-3-15-32-24/h2-10,15-16,25H,11-14,17-19H2,1H3/t25-/m1/s1. The highest BCUT2D eigenvalue weighted by Gasteiger charge is 2.24. The van der Waals surface area contributed by atoms with E-state index >= 15 is 0 Å². The van der Waals surface area contributed by atoms with Gasteiger partial charge in [0.05, 0.1) is 19.1 Å². The number of amides is 1. The molecule has 4 rings (SSSR count). The van der Waals surface area contributed by atoms with Crippen LogP contribution < -0.4 is 0 Å². The molecule has 1 aromatic heterocycles. The minimum absolute atomic E-state index is 0.0545. The highest BCUT2D eigenvalue weighted by Crippen LogP contribution is 2.24. The van der Waals surface area contributed by atoms with Crippen LogP contribution in [0.25, 0.3) is 0 Å². The zero-order valence-corrected chi connectivity index (χ0v) is 19.9. The van der Waals surface area contributed by atoms with Crippen LogP contribution in [0.3, 0.4) is 0 Å². The summed E-state index contributed by atoms with van der Waals surface area (Å²) < 4.78 is 6.39. The maximum absolute atomic E-state index is 12.6. The van der Waals surface area contributed by atoms with Gasteiger partial charge in [0.1, 0.15) is 0 Å². The van der Waals surface area contributed by atoms with Gasteiger partial charge >= 0.3 is 0 Å². The fourth-order valence-corrected chi connectivity index (χ4v) is 4.84. The number of benzene rings is 2. The average molecular weight is 469 g/mol. The summed E-state index contributed by atoms with van der Waals surface area (Å²) in [4.78, 5) is 18.1. The Morgan fingerprint density at radius 3 is 2.53 bits per heavy atom. The number of thiophene rings is 1. The Hall–Kier alpha value is -2.18. The van der Waals surface area contributed by atoms with Crippen LogP contribution in [0.4, 0.5) is 0 Å². The van der Waals surface area contributed by atoms with E-state index in [1.807, 2.05) is 46.7 Å². The molecular formula is C26H29ClN2O2S. The fraction of sp³-hybridized carbons (Fsp3) is 0.346. The number of carbonyl (C=O) groups is 1. The van der Waals surface area contributed by atoms with Crippen LogP contribution in [0.15, 0.2) is 66.0 Å². The van der Waals surface area contributed by atoms with Crippen molar-refractivity contribution in [2.75, 3.05) is 32.7 Å². The first-order valence-corrected chi connectivity index (χ1v) is 12.3. The van der Waals surface area contributed by atoms with Crippen molar-refractivity contribution in [2.45, 2.75) is 26.1 Å². The van der Waals surface area contributed by atoms with E-state index in [2.05, 4.69) is 36.1 Å². The Balaban J connectivity index is 1.35.